The molecular weight excluding hydrogens is 494 g/mol. The Morgan fingerprint density at radius 1 is 1.10 bits per heavy atom. The number of benzene rings is 2. The number of anilines is 1. The summed E-state index contributed by atoms with van der Waals surface area (Å²) in [4.78, 5) is 32.5. The number of carbonyl (C=O) groups is 2. The number of fused-ring (bicyclic) bond motifs is 1. The van der Waals surface area contributed by atoms with Crippen molar-refractivity contribution in [3.63, 3.8) is 0 Å². The molecule has 1 heterocycles. The second-order valence-corrected chi connectivity index (χ2v) is 10.9. The zero-order valence-corrected chi connectivity index (χ0v) is 24.3. The fourth-order valence-corrected chi connectivity index (χ4v) is 4.81. The molecule has 3 rings (SSSR count). The predicted octanol–water partition coefficient (Wildman–Crippen LogP) is 4.32. The molecule has 0 radical (unpaired) electrons. The van der Waals surface area contributed by atoms with Gasteiger partial charge in [0.2, 0.25) is 0 Å². The summed E-state index contributed by atoms with van der Waals surface area (Å²) >= 11 is 0. The standard InChI is InChI=1S/C31H45N3O5/c1-22-19-34(23(2)21-35)31(37)27-18-26(32(4)5)15-16-28(27)39-24(3)12-10-11-17-38-29(22)20-33(6)30(36)25-13-8-7-9-14-25/h7-9,13-16,18,22-24,29,35H,10-12,17,19-21H2,1-6H3/t22-,23+,24-,29+/m1/s1. The van der Waals surface area contributed by atoms with Crippen LogP contribution in [-0.2, 0) is 4.74 Å². The van der Waals surface area contributed by atoms with E-state index in [2.05, 4.69) is 0 Å². The monoisotopic (exact) mass is 539 g/mol. The van der Waals surface area contributed by atoms with Crippen molar-refractivity contribution in [3.05, 3.63) is 59.7 Å². The molecule has 1 aliphatic heterocycles. The Labute approximate surface area is 233 Å². The lowest BCUT2D eigenvalue weighted by Crippen LogP contribution is -2.48. The summed E-state index contributed by atoms with van der Waals surface area (Å²) in [7, 11) is 5.66. The van der Waals surface area contributed by atoms with E-state index in [-0.39, 0.29) is 36.5 Å². The Morgan fingerprint density at radius 2 is 1.82 bits per heavy atom. The van der Waals surface area contributed by atoms with E-state index in [0.29, 0.717) is 36.6 Å². The Kier molecular flexibility index (Phi) is 11.2. The highest BCUT2D eigenvalue weighted by Gasteiger charge is 2.31. The maximum Gasteiger partial charge on any atom is 0.258 e. The van der Waals surface area contributed by atoms with Crippen LogP contribution in [0.1, 0.15) is 60.7 Å². The summed E-state index contributed by atoms with van der Waals surface area (Å²) in [6.45, 7) is 7.04. The lowest BCUT2D eigenvalue weighted by molar-refractivity contribution is -0.0149. The quantitative estimate of drug-likeness (QED) is 0.589. The molecule has 0 aromatic heterocycles. The van der Waals surface area contributed by atoms with Gasteiger partial charge < -0.3 is 29.3 Å². The van der Waals surface area contributed by atoms with Crippen LogP contribution < -0.4 is 9.64 Å². The predicted molar refractivity (Wildman–Crippen MR) is 155 cm³/mol. The minimum Gasteiger partial charge on any atom is -0.490 e. The summed E-state index contributed by atoms with van der Waals surface area (Å²) < 4.78 is 12.6. The van der Waals surface area contributed by atoms with Crippen LogP contribution >= 0.6 is 0 Å². The third kappa shape index (κ3) is 8.19. The fraction of sp³-hybridized carbons (Fsp3) is 0.548. The normalized spacial score (nSPS) is 21.8. The van der Waals surface area contributed by atoms with Crippen LogP contribution in [0.4, 0.5) is 5.69 Å². The summed E-state index contributed by atoms with van der Waals surface area (Å²) in [6.07, 6.45) is 2.27. The maximum atomic E-state index is 14.1. The van der Waals surface area contributed by atoms with Gasteiger partial charge in [0.05, 0.1) is 30.4 Å². The zero-order valence-electron chi connectivity index (χ0n) is 24.3. The number of aliphatic hydroxyl groups is 1. The molecule has 1 N–H and O–H groups in total. The van der Waals surface area contributed by atoms with E-state index < -0.39 is 6.04 Å². The second-order valence-electron chi connectivity index (χ2n) is 10.9. The van der Waals surface area contributed by atoms with E-state index in [1.165, 1.54) is 0 Å². The van der Waals surface area contributed by atoms with Gasteiger partial charge in [0.25, 0.3) is 11.8 Å². The molecular formula is C31H45N3O5. The second kappa shape index (κ2) is 14.3. The highest BCUT2D eigenvalue weighted by molar-refractivity contribution is 5.98. The molecule has 0 bridgehead atoms. The molecule has 2 aromatic rings. The molecule has 1 aliphatic rings. The van der Waals surface area contributed by atoms with Gasteiger partial charge in [-0.25, -0.2) is 0 Å². The molecule has 0 saturated heterocycles. The number of hydrogen-bond donors (Lipinski definition) is 1. The highest BCUT2D eigenvalue weighted by Crippen LogP contribution is 2.29. The van der Waals surface area contributed by atoms with Gasteiger partial charge in [0.15, 0.2) is 0 Å². The number of hydrogen-bond acceptors (Lipinski definition) is 6. The van der Waals surface area contributed by atoms with Gasteiger partial charge in [0.1, 0.15) is 5.75 Å². The molecule has 8 heteroatoms. The maximum absolute atomic E-state index is 14.1. The summed E-state index contributed by atoms with van der Waals surface area (Å²) in [5, 5.41) is 10.1. The topological polar surface area (TPSA) is 82.6 Å². The first-order valence-electron chi connectivity index (χ1n) is 13.9. The van der Waals surface area contributed by atoms with Crippen LogP contribution in [0.2, 0.25) is 0 Å². The van der Waals surface area contributed by atoms with Crippen molar-refractivity contribution >= 4 is 17.5 Å². The molecule has 8 nitrogen and oxygen atoms in total. The molecule has 214 valence electrons. The highest BCUT2D eigenvalue weighted by atomic mass is 16.5. The van der Waals surface area contributed by atoms with Crippen molar-refractivity contribution in [2.75, 3.05) is 52.3 Å². The molecule has 2 aromatic carbocycles. The summed E-state index contributed by atoms with van der Waals surface area (Å²) in [5.41, 5.74) is 2.00. The lowest BCUT2D eigenvalue weighted by atomic mass is 10.0. The van der Waals surface area contributed by atoms with Crippen molar-refractivity contribution in [1.29, 1.82) is 0 Å². The number of aliphatic hydroxyl groups excluding tert-OH is 1. The van der Waals surface area contributed by atoms with Gasteiger partial charge in [0, 0.05) is 58.0 Å². The molecule has 0 fully saturated rings. The Hall–Kier alpha value is -3.10. The number of nitrogens with zero attached hydrogens (tertiary/aromatic N) is 3. The minimum atomic E-state index is -0.412. The van der Waals surface area contributed by atoms with Crippen molar-refractivity contribution in [3.8, 4) is 5.75 Å². The molecule has 0 aliphatic carbocycles. The lowest BCUT2D eigenvalue weighted by Gasteiger charge is -2.36. The van der Waals surface area contributed by atoms with Crippen LogP contribution in [0.5, 0.6) is 5.75 Å². The number of ether oxygens (including phenoxy) is 2. The smallest absolute Gasteiger partial charge is 0.258 e. The molecule has 0 unspecified atom stereocenters. The number of rotatable bonds is 6. The van der Waals surface area contributed by atoms with E-state index in [1.807, 2.05) is 88.3 Å². The van der Waals surface area contributed by atoms with Crippen molar-refractivity contribution in [1.82, 2.24) is 9.80 Å². The molecule has 0 saturated carbocycles. The van der Waals surface area contributed by atoms with E-state index >= 15 is 0 Å². The van der Waals surface area contributed by atoms with Crippen LogP contribution in [0.3, 0.4) is 0 Å². The largest absolute Gasteiger partial charge is 0.490 e. The van der Waals surface area contributed by atoms with E-state index in [0.717, 1.165) is 24.9 Å². The molecule has 4 atom stereocenters. The first kappa shape index (κ1) is 30.4. The van der Waals surface area contributed by atoms with E-state index in [4.69, 9.17) is 9.47 Å². The van der Waals surface area contributed by atoms with Crippen molar-refractivity contribution in [2.45, 2.75) is 58.3 Å². The van der Waals surface area contributed by atoms with Crippen LogP contribution in [0, 0.1) is 5.92 Å². The average molecular weight is 540 g/mol. The number of amides is 2. The third-order valence-corrected chi connectivity index (χ3v) is 7.37. The first-order valence-corrected chi connectivity index (χ1v) is 13.9. The Bertz CT molecular complexity index is 1080. The molecule has 39 heavy (non-hydrogen) atoms. The Morgan fingerprint density at radius 3 is 2.49 bits per heavy atom. The average Bonchev–Trinajstić information content (AvgIpc) is 2.93. The van der Waals surface area contributed by atoms with Gasteiger partial charge in [-0.3, -0.25) is 9.59 Å². The number of likely N-dealkylation sites (N-methyl/N-ethyl adjacent to an activating group) is 1. The third-order valence-electron chi connectivity index (χ3n) is 7.37. The summed E-state index contributed by atoms with van der Waals surface area (Å²) in [6, 6.07) is 14.5. The zero-order chi connectivity index (χ0) is 28.5. The SMILES string of the molecule is C[C@@H]1CCCCO[C@@H](CN(C)C(=O)c2ccccc2)[C@H](C)CN([C@@H](C)CO)C(=O)c2cc(N(C)C)ccc2O1. The van der Waals surface area contributed by atoms with Crippen LogP contribution in [0.15, 0.2) is 48.5 Å². The fourth-order valence-electron chi connectivity index (χ4n) is 4.81. The first-order chi connectivity index (χ1) is 18.6. The molecule has 0 spiro atoms. The van der Waals surface area contributed by atoms with Crippen LogP contribution in [-0.4, -0.2) is 92.4 Å². The number of carbonyl (C=O) groups excluding carboxylic acids is 2. The van der Waals surface area contributed by atoms with E-state index in [9.17, 15) is 14.7 Å². The van der Waals surface area contributed by atoms with Crippen molar-refractivity contribution in [2.24, 2.45) is 5.92 Å². The Balaban J connectivity index is 1.93. The minimum absolute atomic E-state index is 0.0708. The van der Waals surface area contributed by atoms with Gasteiger partial charge in [-0.2, -0.15) is 0 Å². The van der Waals surface area contributed by atoms with E-state index in [1.54, 1.807) is 16.8 Å². The van der Waals surface area contributed by atoms with Crippen molar-refractivity contribution < 1.29 is 24.2 Å². The van der Waals surface area contributed by atoms with Gasteiger partial charge in [-0.15, -0.1) is 0 Å². The van der Waals surface area contributed by atoms with Gasteiger partial charge >= 0.3 is 0 Å². The van der Waals surface area contributed by atoms with Gasteiger partial charge in [-0.05, 0) is 63.4 Å². The van der Waals surface area contributed by atoms with Gasteiger partial charge in [-0.1, -0.05) is 25.1 Å². The summed E-state index contributed by atoms with van der Waals surface area (Å²) in [5.74, 6) is 0.189. The molecule has 2 amide bonds. The van der Waals surface area contributed by atoms with Crippen LogP contribution in [0.25, 0.3) is 0 Å².